The molecule has 0 amide bonds. The van der Waals surface area contributed by atoms with Crippen LogP contribution in [-0.4, -0.2) is 7.11 Å². The Bertz CT molecular complexity index is 561. The van der Waals surface area contributed by atoms with E-state index in [0.717, 1.165) is 17.1 Å². The fourth-order valence-corrected chi connectivity index (χ4v) is 2.30. The molecule has 1 aliphatic heterocycles. The third-order valence-corrected chi connectivity index (χ3v) is 3.18. The summed E-state index contributed by atoms with van der Waals surface area (Å²) in [6.45, 7) is 2.07. The summed E-state index contributed by atoms with van der Waals surface area (Å²) in [7, 11) is 1.69. The van der Waals surface area contributed by atoms with Gasteiger partial charge < -0.3 is 9.47 Å². The van der Waals surface area contributed by atoms with Crippen LogP contribution >= 0.6 is 0 Å². The van der Waals surface area contributed by atoms with Crippen LogP contribution in [-0.2, 0) is 0 Å². The molecule has 0 unspecified atom stereocenters. The van der Waals surface area contributed by atoms with Crippen molar-refractivity contribution in [2.24, 2.45) is 0 Å². The molecule has 0 saturated heterocycles. The van der Waals surface area contributed by atoms with Crippen molar-refractivity contribution in [2.45, 2.75) is 13.0 Å². The molecule has 0 bridgehead atoms. The van der Waals surface area contributed by atoms with Gasteiger partial charge in [-0.3, -0.25) is 0 Å². The van der Waals surface area contributed by atoms with Gasteiger partial charge >= 0.3 is 0 Å². The zero-order valence-electron chi connectivity index (χ0n) is 9.94. The van der Waals surface area contributed by atoms with Crippen LogP contribution in [0.3, 0.4) is 0 Å². The van der Waals surface area contributed by atoms with E-state index in [1.165, 1.54) is 11.1 Å². The summed E-state index contributed by atoms with van der Waals surface area (Å²) in [6, 6.07) is 14.3. The number of benzene rings is 2. The fraction of sp³-hybridized carbons (Fsp3) is 0.200. The molecule has 3 rings (SSSR count). The minimum atomic E-state index is 0.0887. The largest absolute Gasteiger partial charge is 0.497 e. The highest BCUT2D eigenvalue weighted by molar-refractivity contribution is 5.76. The van der Waals surface area contributed by atoms with Crippen LogP contribution in [0.15, 0.2) is 42.5 Å². The van der Waals surface area contributed by atoms with Crippen molar-refractivity contribution in [1.82, 2.24) is 0 Å². The number of hydrogen-bond acceptors (Lipinski definition) is 2. The van der Waals surface area contributed by atoms with Crippen molar-refractivity contribution < 1.29 is 9.47 Å². The standard InChI is InChI=1S/C15H14O2/c1-10-12-8-7-11(16-2)9-14(12)13-5-3-4-6-15(13)17-10/h3-10H,1-2H3/t10-/m1/s1. The van der Waals surface area contributed by atoms with Crippen LogP contribution in [0.1, 0.15) is 18.6 Å². The van der Waals surface area contributed by atoms with Gasteiger partial charge in [-0.2, -0.15) is 0 Å². The molecule has 0 radical (unpaired) electrons. The lowest BCUT2D eigenvalue weighted by molar-refractivity contribution is 0.223. The predicted molar refractivity (Wildman–Crippen MR) is 67.5 cm³/mol. The monoisotopic (exact) mass is 226 g/mol. The first-order valence-corrected chi connectivity index (χ1v) is 5.73. The van der Waals surface area contributed by atoms with Crippen molar-refractivity contribution in [2.75, 3.05) is 7.11 Å². The highest BCUT2D eigenvalue weighted by atomic mass is 16.5. The van der Waals surface area contributed by atoms with Crippen LogP contribution in [0, 0.1) is 0 Å². The quantitative estimate of drug-likeness (QED) is 0.736. The Morgan fingerprint density at radius 1 is 1.06 bits per heavy atom. The second-order valence-corrected chi connectivity index (χ2v) is 4.21. The van der Waals surface area contributed by atoms with Crippen molar-refractivity contribution in [3.05, 3.63) is 48.0 Å². The molecular weight excluding hydrogens is 212 g/mol. The molecule has 0 spiro atoms. The molecule has 1 aliphatic rings. The third kappa shape index (κ3) is 1.57. The van der Waals surface area contributed by atoms with E-state index in [0.29, 0.717) is 0 Å². The van der Waals surface area contributed by atoms with Gasteiger partial charge in [-0.25, -0.2) is 0 Å². The normalized spacial score (nSPS) is 16.7. The van der Waals surface area contributed by atoms with Crippen molar-refractivity contribution in [1.29, 1.82) is 0 Å². The molecule has 0 saturated carbocycles. The molecule has 86 valence electrons. The van der Waals surface area contributed by atoms with E-state index >= 15 is 0 Å². The molecule has 0 aromatic heterocycles. The van der Waals surface area contributed by atoms with Crippen molar-refractivity contribution in [3.63, 3.8) is 0 Å². The lowest BCUT2D eigenvalue weighted by Gasteiger charge is -2.26. The number of hydrogen-bond donors (Lipinski definition) is 0. The van der Waals surface area contributed by atoms with Crippen molar-refractivity contribution >= 4 is 0 Å². The van der Waals surface area contributed by atoms with Crippen LogP contribution in [0.2, 0.25) is 0 Å². The van der Waals surface area contributed by atoms with Crippen molar-refractivity contribution in [3.8, 4) is 22.6 Å². The number of rotatable bonds is 1. The molecule has 2 aromatic rings. The predicted octanol–water partition coefficient (Wildman–Crippen LogP) is 3.82. The minimum Gasteiger partial charge on any atom is -0.497 e. The molecule has 2 nitrogen and oxygen atoms in total. The summed E-state index contributed by atoms with van der Waals surface area (Å²) in [5.74, 6) is 1.83. The summed E-state index contributed by atoms with van der Waals surface area (Å²) in [6.07, 6.45) is 0.0887. The molecule has 1 heterocycles. The molecule has 1 atom stereocenters. The van der Waals surface area contributed by atoms with Crippen LogP contribution in [0.4, 0.5) is 0 Å². The van der Waals surface area contributed by atoms with Gasteiger partial charge in [-0.1, -0.05) is 24.3 Å². The zero-order valence-corrected chi connectivity index (χ0v) is 9.94. The number of ether oxygens (including phenoxy) is 2. The van der Waals surface area contributed by atoms with Gasteiger partial charge in [0.15, 0.2) is 0 Å². The van der Waals surface area contributed by atoms with Crippen LogP contribution in [0.5, 0.6) is 11.5 Å². The second-order valence-electron chi connectivity index (χ2n) is 4.21. The van der Waals surface area contributed by atoms with E-state index in [4.69, 9.17) is 9.47 Å². The summed E-state index contributed by atoms with van der Waals surface area (Å²) in [5.41, 5.74) is 3.56. The molecular formula is C15H14O2. The van der Waals surface area contributed by atoms with Crippen LogP contribution in [0.25, 0.3) is 11.1 Å². The van der Waals surface area contributed by atoms with Crippen LogP contribution < -0.4 is 9.47 Å². The Hall–Kier alpha value is -1.96. The average molecular weight is 226 g/mol. The van der Waals surface area contributed by atoms with Gasteiger partial charge in [0.25, 0.3) is 0 Å². The zero-order chi connectivity index (χ0) is 11.8. The number of methoxy groups -OCH3 is 1. The Morgan fingerprint density at radius 2 is 1.88 bits per heavy atom. The van der Waals surface area contributed by atoms with Gasteiger partial charge in [0, 0.05) is 11.1 Å². The Morgan fingerprint density at radius 3 is 2.71 bits per heavy atom. The maximum Gasteiger partial charge on any atom is 0.128 e. The van der Waals surface area contributed by atoms with E-state index < -0.39 is 0 Å². The van der Waals surface area contributed by atoms with E-state index in [-0.39, 0.29) is 6.10 Å². The lowest BCUT2D eigenvalue weighted by atomic mass is 9.93. The maximum atomic E-state index is 5.89. The van der Waals surface area contributed by atoms with E-state index in [1.807, 2.05) is 24.3 Å². The summed E-state index contributed by atoms with van der Waals surface area (Å²) < 4.78 is 11.2. The Kier molecular flexibility index (Phi) is 2.29. The SMILES string of the molecule is COc1ccc2c(c1)-c1ccccc1O[C@@H]2C. The molecule has 0 aliphatic carbocycles. The van der Waals surface area contributed by atoms with E-state index in [2.05, 4.69) is 25.1 Å². The fourth-order valence-electron chi connectivity index (χ4n) is 2.30. The van der Waals surface area contributed by atoms with Gasteiger partial charge in [0.1, 0.15) is 17.6 Å². The summed E-state index contributed by atoms with van der Waals surface area (Å²) in [4.78, 5) is 0. The third-order valence-electron chi connectivity index (χ3n) is 3.18. The highest BCUT2D eigenvalue weighted by Crippen LogP contribution is 2.43. The topological polar surface area (TPSA) is 18.5 Å². The number of para-hydroxylation sites is 1. The number of fused-ring (bicyclic) bond motifs is 3. The highest BCUT2D eigenvalue weighted by Gasteiger charge is 2.22. The molecule has 2 aromatic carbocycles. The first kappa shape index (κ1) is 10.2. The second kappa shape index (κ2) is 3.81. The molecule has 0 N–H and O–H groups in total. The molecule has 2 heteroatoms. The average Bonchev–Trinajstić information content (AvgIpc) is 2.38. The minimum absolute atomic E-state index is 0.0887. The van der Waals surface area contributed by atoms with Gasteiger partial charge in [-0.05, 0) is 30.7 Å². The van der Waals surface area contributed by atoms with Gasteiger partial charge in [-0.15, -0.1) is 0 Å². The van der Waals surface area contributed by atoms with Gasteiger partial charge in [0.2, 0.25) is 0 Å². The maximum absolute atomic E-state index is 5.89. The Labute approximate surface area is 101 Å². The van der Waals surface area contributed by atoms with E-state index in [1.54, 1.807) is 7.11 Å². The summed E-state index contributed by atoms with van der Waals surface area (Å²) >= 11 is 0. The smallest absolute Gasteiger partial charge is 0.128 e. The summed E-state index contributed by atoms with van der Waals surface area (Å²) in [5, 5.41) is 0. The van der Waals surface area contributed by atoms with Gasteiger partial charge in [0.05, 0.1) is 7.11 Å². The molecule has 17 heavy (non-hydrogen) atoms. The lowest BCUT2D eigenvalue weighted by Crippen LogP contribution is -2.10. The first-order chi connectivity index (χ1) is 8.29. The first-order valence-electron chi connectivity index (χ1n) is 5.73. The Balaban J connectivity index is 2.25. The van der Waals surface area contributed by atoms with E-state index in [9.17, 15) is 0 Å². The molecule has 0 fully saturated rings.